The molecule has 0 radical (unpaired) electrons. The Labute approximate surface area is 223 Å². The topological polar surface area (TPSA) is 117 Å². The number of anilines is 1. The highest BCUT2D eigenvalue weighted by Crippen LogP contribution is 2.26. The molecular weight excluding hydrogens is 504 g/mol. The van der Waals surface area contributed by atoms with Gasteiger partial charge in [-0.25, -0.2) is 13.8 Å². The maximum atomic E-state index is 12.5. The molecule has 0 bridgehead atoms. The summed E-state index contributed by atoms with van der Waals surface area (Å²) in [7, 11) is -3.69. The molecule has 0 fully saturated rings. The summed E-state index contributed by atoms with van der Waals surface area (Å²) < 4.78 is 31.4. The van der Waals surface area contributed by atoms with Gasteiger partial charge in [-0.2, -0.15) is 5.10 Å². The lowest BCUT2D eigenvalue weighted by molar-refractivity contribution is -0.123. The summed E-state index contributed by atoms with van der Waals surface area (Å²) in [6, 6.07) is 21.7. The van der Waals surface area contributed by atoms with Gasteiger partial charge in [-0.1, -0.05) is 48.5 Å². The lowest BCUT2D eigenvalue weighted by atomic mass is 10.1. The van der Waals surface area contributed by atoms with Crippen molar-refractivity contribution in [2.24, 2.45) is 5.10 Å². The van der Waals surface area contributed by atoms with Gasteiger partial charge in [0.2, 0.25) is 10.0 Å². The highest BCUT2D eigenvalue weighted by atomic mass is 32.2. The molecule has 2 amide bonds. The Hall–Kier alpha value is -4.18. The van der Waals surface area contributed by atoms with Gasteiger partial charge in [0.15, 0.2) is 6.61 Å². The van der Waals surface area contributed by atoms with Crippen LogP contribution in [-0.2, 0) is 19.6 Å². The van der Waals surface area contributed by atoms with Crippen LogP contribution in [0.2, 0.25) is 0 Å². The summed E-state index contributed by atoms with van der Waals surface area (Å²) in [6.45, 7) is 4.96. The minimum atomic E-state index is -3.69. The summed E-state index contributed by atoms with van der Waals surface area (Å²) in [4.78, 5) is 24.7. The summed E-state index contributed by atoms with van der Waals surface area (Å²) in [6.07, 6.45) is 2.49. The van der Waals surface area contributed by atoms with Gasteiger partial charge in [-0.3, -0.25) is 13.9 Å². The van der Waals surface area contributed by atoms with Gasteiger partial charge < -0.3 is 10.1 Å². The predicted molar refractivity (Wildman–Crippen MR) is 149 cm³/mol. The largest absolute Gasteiger partial charge is 0.484 e. The molecule has 10 heteroatoms. The first-order valence-electron chi connectivity index (χ1n) is 12.0. The van der Waals surface area contributed by atoms with Crippen molar-refractivity contribution in [3.05, 3.63) is 95.1 Å². The van der Waals surface area contributed by atoms with Gasteiger partial charge in [-0.15, -0.1) is 0 Å². The Morgan fingerprint density at radius 3 is 2.18 bits per heavy atom. The molecule has 0 saturated heterocycles. The van der Waals surface area contributed by atoms with Crippen molar-refractivity contribution in [2.75, 3.05) is 23.7 Å². The summed E-state index contributed by atoms with van der Waals surface area (Å²) >= 11 is 0. The molecule has 9 nitrogen and oxygen atoms in total. The van der Waals surface area contributed by atoms with Crippen molar-refractivity contribution >= 4 is 33.7 Å². The van der Waals surface area contributed by atoms with Gasteiger partial charge in [0.1, 0.15) is 12.3 Å². The third-order valence-electron chi connectivity index (χ3n) is 5.71. The van der Waals surface area contributed by atoms with Crippen LogP contribution in [0, 0.1) is 13.8 Å². The molecule has 0 saturated carbocycles. The number of ether oxygens (including phenoxy) is 1. The number of hydrogen-bond donors (Lipinski definition) is 2. The maximum absolute atomic E-state index is 12.5. The Kier molecular flexibility index (Phi) is 9.61. The van der Waals surface area contributed by atoms with Crippen molar-refractivity contribution in [3.63, 3.8) is 0 Å². The molecule has 0 aliphatic heterocycles. The minimum Gasteiger partial charge on any atom is -0.484 e. The van der Waals surface area contributed by atoms with Crippen LogP contribution in [0.5, 0.6) is 5.75 Å². The SMILES string of the molecule is Cc1cccc(C)c1N(CC(=O)N/N=C\c1ccc(OCC(=O)N[C@@H](C)c2ccccc2)cc1)S(C)(=O)=O. The van der Waals surface area contributed by atoms with E-state index in [9.17, 15) is 18.0 Å². The van der Waals surface area contributed by atoms with Gasteiger partial charge in [0.25, 0.3) is 11.8 Å². The van der Waals surface area contributed by atoms with Gasteiger partial charge >= 0.3 is 0 Å². The number of benzene rings is 3. The normalized spacial score (nSPS) is 12.1. The van der Waals surface area contributed by atoms with E-state index in [0.717, 1.165) is 27.3 Å². The number of sulfonamides is 1. The fraction of sp³-hybridized carbons (Fsp3) is 0.250. The van der Waals surface area contributed by atoms with Crippen LogP contribution in [0.3, 0.4) is 0 Å². The second-order valence-corrected chi connectivity index (χ2v) is 10.8. The lowest BCUT2D eigenvalue weighted by Crippen LogP contribution is -2.39. The van der Waals surface area contributed by atoms with E-state index in [-0.39, 0.29) is 18.6 Å². The van der Waals surface area contributed by atoms with Crippen LogP contribution in [0.25, 0.3) is 0 Å². The van der Waals surface area contributed by atoms with E-state index in [2.05, 4.69) is 15.8 Å². The second kappa shape index (κ2) is 12.9. The summed E-state index contributed by atoms with van der Waals surface area (Å²) in [5.74, 6) is -0.310. The zero-order valence-electron chi connectivity index (χ0n) is 21.8. The Morgan fingerprint density at radius 1 is 0.947 bits per heavy atom. The molecule has 2 N–H and O–H groups in total. The number of nitrogens with zero attached hydrogens (tertiary/aromatic N) is 2. The first-order valence-corrected chi connectivity index (χ1v) is 13.8. The van der Waals surface area contributed by atoms with Crippen LogP contribution in [0.1, 0.15) is 35.2 Å². The van der Waals surface area contributed by atoms with Gasteiger partial charge in [0.05, 0.1) is 24.2 Å². The Morgan fingerprint density at radius 2 is 1.58 bits per heavy atom. The molecule has 0 heterocycles. The summed E-state index contributed by atoms with van der Waals surface area (Å²) in [5, 5.41) is 6.82. The first-order chi connectivity index (χ1) is 18.0. The smallest absolute Gasteiger partial charge is 0.260 e. The number of carbonyl (C=O) groups excluding carboxylic acids is 2. The minimum absolute atomic E-state index is 0.127. The average molecular weight is 537 g/mol. The zero-order chi connectivity index (χ0) is 27.7. The van der Waals surface area contributed by atoms with Crippen LogP contribution in [-0.4, -0.2) is 45.9 Å². The Bertz CT molecular complexity index is 1370. The number of nitrogens with one attached hydrogen (secondary N) is 2. The number of aryl methyl sites for hydroxylation is 2. The van der Waals surface area contributed by atoms with E-state index < -0.39 is 22.5 Å². The number of hydrogen-bond acceptors (Lipinski definition) is 6. The van der Waals surface area contributed by atoms with E-state index in [1.54, 1.807) is 50.2 Å². The van der Waals surface area contributed by atoms with E-state index in [1.807, 2.05) is 43.3 Å². The van der Waals surface area contributed by atoms with Crippen molar-refractivity contribution in [1.82, 2.24) is 10.7 Å². The second-order valence-electron chi connectivity index (χ2n) is 8.86. The molecule has 0 spiro atoms. The third kappa shape index (κ3) is 8.17. The van der Waals surface area contributed by atoms with Crippen LogP contribution >= 0.6 is 0 Å². The van der Waals surface area contributed by atoms with E-state index >= 15 is 0 Å². The van der Waals surface area contributed by atoms with Gasteiger partial charge in [-0.05, 0) is 67.3 Å². The van der Waals surface area contributed by atoms with Crippen LogP contribution in [0.15, 0.2) is 77.9 Å². The molecule has 3 aromatic carbocycles. The molecule has 38 heavy (non-hydrogen) atoms. The van der Waals surface area contributed by atoms with Crippen molar-refractivity contribution < 1.29 is 22.7 Å². The Balaban J connectivity index is 1.51. The number of para-hydroxylation sites is 1. The van der Waals surface area contributed by atoms with E-state index in [4.69, 9.17) is 4.74 Å². The predicted octanol–water partition coefficient (Wildman–Crippen LogP) is 3.48. The molecule has 3 aromatic rings. The van der Waals surface area contributed by atoms with Crippen molar-refractivity contribution in [2.45, 2.75) is 26.8 Å². The molecule has 3 rings (SSSR count). The third-order valence-corrected chi connectivity index (χ3v) is 6.82. The molecule has 200 valence electrons. The lowest BCUT2D eigenvalue weighted by Gasteiger charge is -2.25. The highest BCUT2D eigenvalue weighted by Gasteiger charge is 2.23. The summed E-state index contributed by atoms with van der Waals surface area (Å²) in [5.41, 5.74) is 6.02. The fourth-order valence-electron chi connectivity index (χ4n) is 3.81. The molecule has 1 atom stereocenters. The van der Waals surface area contributed by atoms with Crippen LogP contribution < -0.4 is 19.8 Å². The molecular formula is C28H32N4O5S. The van der Waals surface area contributed by atoms with Gasteiger partial charge in [0, 0.05) is 0 Å². The number of carbonyl (C=O) groups is 2. The maximum Gasteiger partial charge on any atom is 0.260 e. The molecule has 0 aliphatic carbocycles. The van der Waals surface area contributed by atoms with E-state index in [0.29, 0.717) is 17.0 Å². The first kappa shape index (κ1) is 28.4. The number of rotatable bonds is 11. The van der Waals surface area contributed by atoms with E-state index in [1.165, 1.54) is 6.21 Å². The monoisotopic (exact) mass is 536 g/mol. The zero-order valence-corrected chi connectivity index (χ0v) is 22.7. The molecule has 0 unspecified atom stereocenters. The number of amides is 2. The number of hydrazone groups is 1. The average Bonchev–Trinajstić information content (AvgIpc) is 2.87. The molecule has 0 aliphatic rings. The van der Waals surface area contributed by atoms with Crippen LogP contribution in [0.4, 0.5) is 5.69 Å². The quantitative estimate of drug-likeness (QED) is 0.288. The standard InChI is InChI=1S/C28H32N4O5S/c1-20-9-8-10-21(2)28(20)32(38(4,35)36)18-26(33)31-29-17-23-13-15-25(16-14-23)37-19-27(34)30-22(3)24-11-6-5-7-12-24/h5-17,22H,18-19H2,1-4H3,(H,30,34)(H,31,33)/b29-17-/t22-/m0/s1. The molecule has 0 aromatic heterocycles. The van der Waals surface area contributed by atoms with Crippen molar-refractivity contribution in [1.29, 1.82) is 0 Å². The fourth-order valence-corrected chi connectivity index (χ4v) is 4.78. The highest BCUT2D eigenvalue weighted by molar-refractivity contribution is 7.92. The van der Waals surface area contributed by atoms with Crippen molar-refractivity contribution in [3.8, 4) is 5.75 Å².